The number of piperidine rings is 2. The minimum absolute atomic E-state index is 0.0810. The fourth-order valence-corrected chi connectivity index (χ4v) is 5.06. The molecule has 4 rings (SSSR count). The number of ether oxygens (including phenoxy) is 1. The summed E-state index contributed by atoms with van der Waals surface area (Å²) in [5.41, 5.74) is 2.41. The predicted molar refractivity (Wildman–Crippen MR) is 108 cm³/mol. The van der Waals surface area contributed by atoms with Crippen molar-refractivity contribution in [1.29, 1.82) is 0 Å². The van der Waals surface area contributed by atoms with Gasteiger partial charge in [0.15, 0.2) is 0 Å². The van der Waals surface area contributed by atoms with Gasteiger partial charge in [0.2, 0.25) is 5.91 Å². The van der Waals surface area contributed by atoms with Crippen LogP contribution in [0.15, 0.2) is 18.2 Å². The lowest BCUT2D eigenvalue weighted by molar-refractivity contribution is -0.160. The summed E-state index contributed by atoms with van der Waals surface area (Å²) in [6, 6.07) is 5.85. The van der Waals surface area contributed by atoms with Crippen LogP contribution in [0.4, 0.5) is 5.69 Å². The van der Waals surface area contributed by atoms with Crippen molar-refractivity contribution >= 4 is 23.5 Å². The van der Waals surface area contributed by atoms with Crippen LogP contribution in [0.2, 0.25) is 0 Å². The van der Waals surface area contributed by atoms with Gasteiger partial charge in [0.05, 0.1) is 18.6 Å². The summed E-state index contributed by atoms with van der Waals surface area (Å²) in [6.45, 7) is 4.38. The summed E-state index contributed by atoms with van der Waals surface area (Å²) in [5, 5.41) is 3.06. The Labute approximate surface area is 171 Å². The van der Waals surface area contributed by atoms with E-state index in [1.165, 1.54) is 7.11 Å². The molecule has 0 aliphatic carbocycles. The highest BCUT2D eigenvalue weighted by atomic mass is 16.5. The standard InChI is InChI=1S/C22H29N3O4/c1-14-4-7-18(25(13-14)19(26)20(27)29-3)15-5-6-17-16(12-15)22(21(28)23-17)8-10-24(2)11-9-22/h5-6,12,14,18H,4,7-11,13H2,1-3H3,(H,23,28). The molecule has 7 nitrogen and oxygen atoms in total. The number of esters is 1. The number of rotatable bonds is 1. The number of hydrogen-bond donors (Lipinski definition) is 1. The first-order chi connectivity index (χ1) is 13.9. The lowest BCUT2D eigenvalue weighted by Gasteiger charge is -2.39. The number of likely N-dealkylation sites (tertiary alicyclic amines) is 2. The number of carbonyl (C=O) groups excluding carboxylic acids is 3. The van der Waals surface area contributed by atoms with E-state index in [1.54, 1.807) is 4.90 Å². The number of carbonyl (C=O) groups is 3. The second kappa shape index (κ2) is 7.44. The molecule has 0 aromatic heterocycles. The summed E-state index contributed by atoms with van der Waals surface area (Å²) in [7, 11) is 3.32. The Balaban J connectivity index is 1.69. The van der Waals surface area contributed by atoms with Crippen molar-refractivity contribution < 1.29 is 19.1 Å². The summed E-state index contributed by atoms with van der Waals surface area (Å²) >= 11 is 0. The third-order valence-electron chi connectivity index (χ3n) is 6.91. The zero-order valence-corrected chi connectivity index (χ0v) is 17.4. The van der Waals surface area contributed by atoms with Gasteiger partial charge < -0.3 is 19.9 Å². The van der Waals surface area contributed by atoms with Gasteiger partial charge in [0.1, 0.15) is 0 Å². The normalized spacial score (nSPS) is 26.2. The number of nitrogens with zero attached hydrogens (tertiary/aromatic N) is 2. The lowest BCUT2D eigenvalue weighted by Crippen LogP contribution is -2.46. The van der Waals surface area contributed by atoms with Crippen LogP contribution in [-0.2, 0) is 24.5 Å². The maximum absolute atomic E-state index is 12.9. The van der Waals surface area contributed by atoms with Gasteiger partial charge in [0, 0.05) is 12.2 Å². The zero-order valence-electron chi connectivity index (χ0n) is 17.4. The smallest absolute Gasteiger partial charge is 0.396 e. The summed E-state index contributed by atoms with van der Waals surface area (Å²) in [5.74, 6) is -1.00. The van der Waals surface area contributed by atoms with E-state index in [0.29, 0.717) is 12.5 Å². The fourth-order valence-electron chi connectivity index (χ4n) is 5.06. The molecule has 1 spiro atoms. The van der Waals surface area contributed by atoms with E-state index in [-0.39, 0.29) is 11.9 Å². The van der Waals surface area contributed by atoms with Crippen LogP contribution in [0, 0.1) is 5.92 Å². The van der Waals surface area contributed by atoms with E-state index < -0.39 is 17.3 Å². The van der Waals surface area contributed by atoms with E-state index in [4.69, 9.17) is 0 Å². The van der Waals surface area contributed by atoms with Gasteiger partial charge in [0.25, 0.3) is 0 Å². The average molecular weight is 399 g/mol. The quantitative estimate of drug-likeness (QED) is 0.578. The van der Waals surface area contributed by atoms with Crippen molar-refractivity contribution in [3.05, 3.63) is 29.3 Å². The van der Waals surface area contributed by atoms with Crippen molar-refractivity contribution in [1.82, 2.24) is 9.80 Å². The molecule has 2 fully saturated rings. The topological polar surface area (TPSA) is 79.0 Å². The van der Waals surface area contributed by atoms with Crippen LogP contribution in [0.3, 0.4) is 0 Å². The van der Waals surface area contributed by atoms with Gasteiger partial charge in [-0.2, -0.15) is 0 Å². The van der Waals surface area contributed by atoms with E-state index >= 15 is 0 Å². The molecule has 0 bridgehead atoms. The molecule has 2 unspecified atom stereocenters. The molecule has 2 saturated heterocycles. The number of hydrogen-bond acceptors (Lipinski definition) is 5. The second-order valence-electron chi connectivity index (χ2n) is 8.79. The summed E-state index contributed by atoms with van der Waals surface area (Å²) in [6.07, 6.45) is 3.36. The number of benzene rings is 1. The highest BCUT2D eigenvalue weighted by Gasteiger charge is 2.48. The summed E-state index contributed by atoms with van der Waals surface area (Å²) in [4.78, 5) is 41.4. The molecule has 3 aliphatic rings. The minimum Gasteiger partial charge on any atom is -0.462 e. The van der Waals surface area contributed by atoms with Crippen molar-refractivity contribution in [2.24, 2.45) is 5.92 Å². The van der Waals surface area contributed by atoms with Crippen LogP contribution in [0.25, 0.3) is 0 Å². The molecule has 1 aromatic carbocycles. The SMILES string of the molecule is COC(=O)C(=O)N1CC(C)CCC1c1ccc2c(c1)C1(CCN(C)CC1)C(=O)N2. The third kappa shape index (κ3) is 3.31. The first-order valence-corrected chi connectivity index (χ1v) is 10.4. The van der Waals surface area contributed by atoms with E-state index in [0.717, 1.165) is 55.6 Å². The Morgan fingerprint density at radius 3 is 2.62 bits per heavy atom. The predicted octanol–water partition coefficient (Wildman–Crippen LogP) is 2.07. The molecule has 1 N–H and O–H groups in total. The van der Waals surface area contributed by atoms with Crippen LogP contribution in [0.5, 0.6) is 0 Å². The molecule has 156 valence electrons. The minimum atomic E-state index is -0.825. The lowest BCUT2D eigenvalue weighted by atomic mass is 9.73. The van der Waals surface area contributed by atoms with Gasteiger partial charge in [-0.05, 0) is 68.9 Å². The summed E-state index contributed by atoms with van der Waals surface area (Å²) < 4.78 is 4.68. The maximum Gasteiger partial charge on any atom is 0.396 e. The van der Waals surface area contributed by atoms with Crippen LogP contribution < -0.4 is 5.32 Å². The highest BCUT2D eigenvalue weighted by Crippen LogP contribution is 2.46. The third-order valence-corrected chi connectivity index (χ3v) is 6.91. The number of methoxy groups -OCH3 is 1. The second-order valence-corrected chi connectivity index (χ2v) is 8.79. The van der Waals surface area contributed by atoms with Crippen LogP contribution in [-0.4, -0.2) is 61.4 Å². The van der Waals surface area contributed by atoms with Crippen molar-refractivity contribution in [3.63, 3.8) is 0 Å². The molecular weight excluding hydrogens is 370 g/mol. The van der Waals surface area contributed by atoms with E-state index in [9.17, 15) is 14.4 Å². The monoisotopic (exact) mass is 399 g/mol. The molecule has 2 atom stereocenters. The Morgan fingerprint density at radius 2 is 1.93 bits per heavy atom. The highest BCUT2D eigenvalue weighted by molar-refractivity contribution is 6.32. The molecule has 2 amide bonds. The van der Waals surface area contributed by atoms with Crippen LogP contribution in [0.1, 0.15) is 49.8 Å². The molecule has 0 radical (unpaired) electrons. The van der Waals surface area contributed by atoms with E-state index in [1.807, 2.05) is 12.1 Å². The molecule has 0 saturated carbocycles. The average Bonchev–Trinajstić information content (AvgIpc) is 2.99. The Kier molecular flexibility index (Phi) is 5.11. The zero-order chi connectivity index (χ0) is 20.8. The molecular formula is C22H29N3O4. The first kappa shape index (κ1) is 19.9. The molecule has 3 heterocycles. The number of amides is 2. The first-order valence-electron chi connectivity index (χ1n) is 10.4. The van der Waals surface area contributed by atoms with Crippen LogP contribution >= 0.6 is 0 Å². The van der Waals surface area contributed by atoms with Crippen molar-refractivity contribution in [3.8, 4) is 0 Å². The van der Waals surface area contributed by atoms with Gasteiger partial charge >= 0.3 is 11.9 Å². The van der Waals surface area contributed by atoms with Gasteiger partial charge in [-0.1, -0.05) is 19.1 Å². The Morgan fingerprint density at radius 1 is 1.21 bits per heavy atom. The molecule has 29 heavy (non-hydrogen) atoms. The number of nitrogens with one attached hydrogen (secondary N) is 1. The largest absolute Gasteiger partial charge is 0.462 e. The van der Waals surface area contributed by atoms with Gasteiger partial charge in [-0.25, -0.2) is 4.79 Å². The Hall–Kier alpha value is -2.41. The maximum atomic E-state index is 12.9. The fraction of sp³-hybridized carbons (Fsp3) is 0.591. The molecule has 1 aromatic rings. The number of fused-ring (bicyclic) bond motifs is 2. The van der Waals surface area contributed by atoms with E-state index in [2.05, 4.69) is 35.0 Å². The Bertz CT molecular complexity index is 844. The van der Waals surface area contributed by atoms with Gasteiger partial charge in [-0.3, -0.25) is 9.59 Å². The van der Waals surface area contributed by atoms with Crippen molar-refractivity contribution in [2.45, 2.75) is 44.1 Å². The van der Waals surface area contributed by atoms with Crippen molar-refractivity contribution in [2.75, 3.05) is 39.1 Å². The molecule has 7 heteroatoms. The molecule has 3 aliphatic heterocycles. The van der Waals surface area contributed by atoms with Gasteiger partial charge in [-0.15, -0.1) is 0 Å². The number of anilines is 1.